The van der Waals surface area contributed by atoms with Crippen LogP contribution in [0.3, 0.4) is 0 Å². The molecule has 1 N–H and O–H groups in total. The zero-order valence-electron chi connectivity index (χ0n) is 9.88. The van der Waals surface area contributed by atoms with E-state index in [9.17, 15) is 0 Å². The maximum Gasteiger partial charge on any atom is 0.157 e. The second kappa shape index (κ2) is 7.21. The van der Waals surface area contributed by atoms with Crippen LogP contribution in [0.2, 0.25) is 0 Å². The third-order valence-electron chi connectivity index (χ3n) is 1.92. The van der Waals surface area contributed by atoms with Crippen LogP contribution in [-0.4, -0.2) is 31.2 Å². The molecule has 0 spiro atoms. The number of hydrogen-bond donors (Lipinski definition) is 1. The molecule has 0 radical (unpaired) electrons. The molecule has 0 aromatic heterocycles. The molecule has 0 bridgehead atoms. The molecule has 0 saturated carbocycles. The highest BCUT2D eigenvalue weighted by molar-refractivity contribution is 4.71. The summed E-state index contributed by atoms with van der Waals surface area (Å²) < 4.78 is 10.9. The van der Waals surface area contributed by atoms with Gasteiger partial charge in [-0.15, -0.1) is 0 Å². The van der Waals surface area contributed by atoms with Crippen molar-refractivity contribution in [2.75, 3.05) is 19.8 Å². The minimum atomic E-state index is -0.0924. The van der Waals surface area contributed by atoms with Gasteiger partial charge in [-0.2, -0.15) is 0 Å². The van der Waals surface area contributed by atoms with Crippen molar-refractivity contribution in [3.63, 3.8) is 0 Å². The van der Waals surface area contributed by atoms with Crippen molar-refractivity contribution < 1.29 is 14.6 Å². The molecule has 1 aliphatic heterocycles. The van der Waals surface area contributed by atoms with E-state index in [0.29, 0.717) is 0 Å². The van der Waals surface area contributed by atoms with Crippen molar-refractivity contribution in [1.29, 1.82) is 0 Å². The predicted molar refractivity (Wildman–Crippen MR) is 57.1 cm³/mol. The molecule has 0 amide bonds. The average molecular weight is 204 g/mol. The maximum absolute atomic E-state index is 8.59. The highest BCUT2D eigenvalue weighted by Gasteiger charge is 2.27. The quantitative estimate of drug-likeness (QED) is 0.766. The molecule has 1 aliphatic rings. The van der Waals surface area contributed by atoms with E-state index >= 15 is 0 Å². The summed E-state index contributed by atoms with van der Waals surface area (Å²) in [7, 11) is 0. The summed E-state index contributed by atoms with van der Waals surface area (Å²) in [5.74, 6) is 0. The zero-order chi connectivity index (χ0) is 11.0. The van der Waals surface area contributed by atoms with Crippen molar-refractivity contribution in [3.05, 3.63) is 0 Å². The van der Waals surface area contributed by atoms with Crippen molar-refractivity contribution in [1.82, 2.24) is 0 Å². The van der Waals surface area contributed by atoms with E-state index < -0.39 is 0 Å². The van der Waals surface area contributed by atoms with Crippen molar-refractivity contribution in [2.24, 2.45) is 5.41 Å². The molecule has 3 heteroatoms. The molecule has 86 valence electrons. The first kappa shape index (κ1) is 13.9. The third-order valence-corrected chi connectivity index (χ3v) is 1.92. The normalized spacial score (nSPS) is 21.2. The Bertz CT molecular complexity index is 124. The molecular formula is C11H24O3. The average Bonchev–Trinajstić information content (AvgIpc) is 2.19. The fourth-order valence-corrected chi connectivity index (χ4v) is 1.15. The Hall–Kier alpha value is -0.120. The molecule has 0 aliphatic carbocycles. The SMILES string of the molecule is CC.CC1(C)COC(CCCO)OC1. The highest BCUT2D eigenvalue weighted by Crippen LogP contribution is 2.24. The molecule has 1 heterocycles. The summed E-state index contributed by atoms with van der Waals surface area (Å²) in [5, 5.41) is 8.59. The van der Waals surface area contributed by atoms with Crippen LogP contribution in [0.5, 0.6) is 0 Å². The van der Waals surface area contributed by atoms with Gasteiger partial charge in [0, 0.05) is 18.4 Å². The molecule has 1 saturated heterocycles. The first-order valence-electron chi connectivity index (χ1n) is 5.48. The minimum absolute atomic E-state index is 0.0924. The van der Waals surface area contributed by atoms with E-state index in [4.69, 9.17) is 14.6 Å². The van der Waals surface area contributed by atoms with Gasteiger partial charge in [0.2, 0.25) is 0 Å². The largest absolute Gasteiger partial charge is 0.396 e. The fourth-order valence-electron chi connectivity index (χ4n) is 1.15. The lowest BCUT2D eigenvalue weighted by atomic mass is 9.95. The van der Waals surface area contributed by atoms with Gasteiger partial charge in [0.05, 0.1) is 13.2 Å². The summed E-state index contributed by atoms with van der Waals surface area (Å²) >= 11 is 0. The smallest absolute Gasteiger partial charge is 0.157 e. The second-order valence-electron chi connectivity index (χ2n) is 4.08. The number of ether oxygens (including phenoxy) is 2. The van der Waals surface area contributed by atoms with Crippen molar-refractivity contribution >= 4 is 0 Å². The Kier molecular flexibility index (Phi) is 7.15. The summed E-state index contributed by atoms with van der Waals surface area (Å²) in [6.07, 6.45) is 1.46. The van der Waals surface area contributed by atoms with Crippen LogP contribution >= 0.6 is 0 Å². The Morgan fingerprint density at radius 3 is 2.14 bits per heavy atom. The highest BCUT2D eigenvalue weighted by atomic mass is 16.7. The van der Waals surface area contributed by atoms with Crippen molar-refractivity contribution in [3.8, 4) is 0 Å². The topological polar surface area (TPSA) is 38.7 Å². The number of aliphatic hydroxyl groups is 1. The minimum Gasteiger partial charge on any atom is -0.396 e. The standard InChI is InChI=1S/C9H18O3.C2H6/c1-9(2)6-11-8(12-7-9)4-3-5-10;1-2/h8,10H,3-7H2,1-2H3;1-2H3. The van der Waals surface area contributed by atoms with Crippen LogP contribution in [0.25, 0.3) is 0 Å². The van der Waals surface area contributed by atoms with Gasteiger partial charge >= 0.3 is 0 Å². The van der Waals surface area contributed by atoms with Gasteiger partial charge in [0.25, 0.3) is 0 Å². The molecule has 0 aromatic carbocycles. The Balaban J connectivity index is 0.000000791. The van der Waals surface area contributed by atoms with Crippen LogP contribution in [0, 0.1) is 5.41 Å². The summed E-state index contributed by atoms with van der Waals surface area (Å²) in [6.45, 7) is 9.96. The van der Waals surface area contributed by atoms with Crippen LogP contribution in [-0.2, 0) is 9.47 Å². The molecule has 1 rings (SSSR count). The van der Waals surface area contributed by atoms with Gasteiger partial charge in [0.15, 0.2) is 6.29 Å². The van der Waals surface area contributed by atoms with E-state index in [2.05, 4.69) is 13.8 Å². The number of hydrogen-bond acceptors (Lipinski definition) is 3. The maximum atomic E-state index is 8.59. The molecule has 0 aromatic rings. The lowest BCUT2D eigenvalue weighted by Gasteiger charge is -2.34. The molecule has 14 heavy (non-hydrogen) atoms. The summed E-state index contributed by atoms with van der Waals surface area (Å²) in [6, 6.07) is 0. The van der Waals surface area contributed by atoms with Gasteiger partial charge < -0.3 is 14.6 Å². The first-order valence-corrected chi connectivity index (χ1v) is 5.48. The van der Waals surface area contributed by atoms with Gasteiger partial charge in [-0.25, -0.2) is 0 Å². The monoisotopic (exact) mass is 204 g/mol. The van der Waals surface area contributed by atoms with Gasteiger partial charge in [-0.1, -0.05) is 27.7 Å². The molecule has 3 nitrogen and oxygen atoms in total. The Morgan fingerprint density at radius 1 is 1.21 bits per heavy atom. The summed E-state index contributed by atoms with van der Waals surface area (Å²) in [5.41, 5.74) is 0.149. The Labute approximate surface area is 87.4 Å². The van der Waals surface area contributed by atoms with E-state index in [1.54, 1.807) is 0 Å². The second-order valence-corrected chi connectivity index (χ2v) is 4.08. The first-order chi connectivity index (χ1) is 6.64. The van der Waals surface area contributed by atoms with Crippen LogP contribution in [0.4, 0.5) is 0 Å². The van der Waals surface area contributed by atoms with E-state index in [1.807, 2.05) is 13.8 Å². The molecular weight excluding hydrogens is 180 g/mol. The lowest BCUT2D eigenvalue weighted by molar-refractivity contribution is -0.224. The molecule has 0 unspecified atom stereocenters. The van der Waals surface area contributed by atoms with E-state index in [1.165, 1.54) is 0 Å². The van der Waals surface area contributed by atoms with Gasteiger partial charge in [0.1, 0.15) is 0 Å². The van der Waals surface area contributed by atoms with E-state index in [-0.39, 0.29) is 18.3 Å². The van der Waals surface area contributed by atoms with Crippen LogP contribution in [0.1, 0.15) is 40.5 Å². The molecule has 1 fully saturated rings. The van der Waals surface area contributed by atoms with Crippen LogP contribution < -0.4 is 0 Å². The fraction of sp³-hybridized carbons (Fsp3) is 1.00. The predicted octanol–water partition coefficient (Wildman–Crippen LogP) is 2.18. The Morgan fingerprint density at radius 2 is 1.71 bits per heavy atom. The zero-order valence-corrected chi connectivity index (χ0v) is 9.88. The van der Waals surface area contributed by atoms with Gasteiger partial charge in [-0.3, -0.25) is 0 Å². The number of rotatable bonds is 3. The number of aliphatic hydroxyl groups excluding tert-OH is 1. The van der Waals surface area contributed by atoms with Crippen LogP contribution in [0.15, 0.2) is 0 Å². The lowest BCUT2D eigenvalue weighted by Crippen LogP contribution is -2.37. The van der Waals surface area contributed by atoms with E-state index in [0.717, 1.165) is 26.1 Å². The third kappa shape index (κ3) is 5.58. The molecule has 0 atom stereocenters. The van der Waals surface area contributed by atoms with Gasteiger partial charge in [-0.05, 0) is 6.42 Å². The summed E-state index contributed by atoms with van der Waals surface area (Å²) in [4.78, 5) is 0. The van der Waals surface area contributed by atoms with Crippen molar-refractivity contribution in [2.45, 2.75) is 46.8 Å².